The zero-order valence-corrected chi connectivity index (χ0v) is 10.7. The average Bonchev–Trinajstić information content (AvgIpc) is 3.19. The minimum Gasteiger partial charge on any atom is -0.324 e. The van der Waals surface area contributed by atoms with Crippen LogP contribution in [0, 0.1) is 0 Å². The van der Waals surface area contributed by atoms with Gasteiger partial charge in [0, 0.05) is 25.6 Å². The van der Waals surface area contributed by atoms with E-state index in [1.54, 1.807) is 0 Å². The number of nitrogens with zero attached hydrogens (tertiary/aromatic N) is 2. The minimum absolute atomic E-state index is 0.725. The molecule has 1 aromatic rings. The molecule has 2 aliphatic carbocycles. The molecule has 1 saturated carbocycles. The van der Waals surface area contributed by atoms with Crippen LogP contribution < -0.4 is 5.32 Å². The van der Waals surface area contributed by atoms with Crippen LogP contribution in [-0.4, -0.2) is 16.1 Å². The average molecular weight is 241 g/mol. The molecule has 0 saturated heterocycles. The lowest BCUT2D eigenvalue weighted by Gasteiger charge is -2.17. The molecule has 0 bridgehead atoms. The van der Waals surface area contributed by atoms with Crippen molar-refractivity contribution in [1.29, 1.82) is 0 Å². The Morgan fingerprint density at radius 2 is 2.22 bits per heavy atom. The van der Waals surface area contributed by atoms with E-state index >= 15 is 0 Å². The molecule has 18 heavy (non-hydrogen) atoms. The Morgan fingerprint density at radius 1 is 1.28 bits per heavy atom. The van der Waals surface area contributed by atoms with Gasteiger partial charge in [-0.15, -0.1) is 0 Å². The van der Waals surface area contributed by atoms with Crippen molar-refractivity contribution >= 4 is 5.57 Å². The normalized spacial score (nSPS) is 22.8. The number of hydrogen-bond donors (Lipinski definition) is 1. The van der Waals surface area contributed by atoms with Gasteiger partial charge in [-0.2, -0.15) is 0 Å². The summed E-state index contributed by atoms with van der Waals surface area (Å²) in [6.07, 6.45) is 12.7. The van der Waals surface area contributed by atoms with Crippen molar-refractivity contribution in [2.75, 3.05) is 6.54 Å². The summed E-state index contributed by atoms with van der Waals surface area (Å²) in [6, 6.07) is 0.725. The molecular formula is C15H19N3. The second-order valence-corrected chi connectivity index (χ2v) is 5.52. The van der Waals surface area contributed by atoms with Gasteiger partial charge in [0.1, 0.15) is 5.82 Å². The Labute approximate surface area is 108 Å². The van der Waals surface area contributed by atoms with Gasteiger partial charge in [-0.25, -0.2) is 4.98 Å². The third kappa shape index (κ3) is 1.65. The Balaban J connectivity index is 1.83. The fourth-order valence-electron chi connectivity index (χ4n) is 3.06. The highest BCUT2D eigenvalue weighted by Gasteiger charge is 2.32. The van der Waals surface area contributed by atoms with E-state index in [4.69, 9.17) is 4.98 Å². The van der Waals surface area contributed by atoms with Crippen molar-refractivity contribution < 1.29 is 0 Å². The number of aromatic nitrogens is 2. The number of allylic oxidation sites excluding steroid dienone is 4. The molecule has 3 aliphatic rings. The number of fused-ring (bicyclic) bond motifs is 1. The summed E-state index contributed by atoms with van der Waals surface area (Å²) in [5.74, 6) is 1.26. The Kier molecular flexibility index (Phi) is 2.40. The maximum Gasteiger partial charge on any atom is 0.136 e. The lowest BCUT2D eigenvalue weighted by atomic mass is 10.0. The molecule has 0 aromatic carbocycles. The summed E-state index contributed by atoms with van der Waals surface area (Å²) in [5, 5.41) is 3.49. The minimum atomic E-state index is 0.725. The highest BCUT2D eigenvalue weighted by atomic mass is 15.2. The molecule has 1 fully saturated rings. The number of hydrogen-bond acceptors (Lipinski definition) is 2. The van der Waals surface area contributed by atoms with Gasteiger partial charge in [-0.3, -0.25) is 0 Å². The van der Waals surface area contributed by atoms with E-state index in [1.165, 1.54) is 35.6 Å². The first-order chi connectivity index (χ1) is 8.93. The van der Waals surface area contributed by atoms with Gasteiger partial charge in [0.05, 0.1) is 11.4 Å². The second kappa shape index (κ2) is 4.09. The molecule has 94 valence electrons. The lowest BCUT2D eigenvalue weighted by molar-refractivity contribution is 0.581. The third-order valence-corrected chi connectivity index (χ3v) is 4.14. The number of rotatable bonds is 2. The van der Waals surface area contributed by atoms with E-state index in [0.29, 0.717) is 0 Å². The topological polar surface area (TPSA) is 29.9 Å². The van der Waals surface area contributed by atoms with Crippen molar-refractivity contribution in [3.05, 3.63) is 35.4 Å². The van der Waals surface area contributed by atoms with E-state index in [2.05, 4.69) is 28.1 Å². The zero-order valence-electron chi connectivity index (χ0n) is 10.7. The van der Waals surface area contributed by atoms with Crippen LogP contribution in [0.3, 0.4) is 0 Å². The van der Waals surface area contributed by atoms with Crippen LogP contribution in [0.25, 0.3) is 5.57 Å². The molecule has 0 radical (unpaired) electrons. The summed E-state index contributed by atoms with van der Waals surface area (Å²) < 4.78 is 2.53. The predicted molar refractivity (Wildman–Crippen MR) is 72.3 cm³/mol. The Hall–Kier alpha value is -1.35. The maximum absolute atomic E-state index is 4.96. The quantitative estimate of drug-likeness (QED) is 0.862. The molecule has 2 heterocycles. The van der Waals surface area contributed by atoms with E-state index in [9.17, 15) is 0 Å². The van der Waals surface area contributed by atoms with Crippen LogP contribution in [0.5, 0.6) is 0 Å². The highest BCUT2D eigenvalue weighted by molar-refractivity contribution is 5.64. The van der Waals surface area contributed by atoms with Gasteiger partial charge in [-0.1, -0.05) is 18.2 Å². The van der Waals surface area contributed by atoms with Gasteiger partial charge >= 0.3 is 0 Å². The molecule has 1 aliphatic heterocycles. The standard InChI is InChI=1S/C15H19N3/c1-2-4-11(5-3-1)15-17-13-8-9-16-10-14(13)18(15)12-6-7-12/h1-2,4,12,16H,3,5-10H2. The number of nitrogens with one attached hydrogen (secondary N) is 1. The second-order valence-electron chi connectivity index (χ2n) is 5.52. The van der Waals surface area contributed by atoms with Crippen molar-refractivity contribution in [1.82, 2.24) is 14.9 Å². The number of imidazole rings is 1. The van der Waals surface area contributed by atoms with Crippen LogP contribution in [0.2, 0.25) is 0 Å². The van der Waals surface area contributed by atoms with Crippen molar-refractivity contribution in [2.45, 2.75) is 44.7 Å². The summed E-state index contributed by atoms with van der Waals surface area (Å²) in [4.78, 5) is 4.96. The van der Waals surface area contributed by atoms with Gasteiger partial charge in [0.2, 0.25) is 0 Å². The summed E-state index contributed by atoms with van der Waals surface area (Å²) in [5.41, 5.74) is 4.22. The van der Waals surface area contributed by atoms with Crippen LogP contribution in [0.15, 0.2) is 18.2 Å². The first-order valence-corrected chi connectivity index (χ1v) is 7.10. The molecule has 1 aromatic heterocycles. The SMILES string of the molecule is C1=CCCC(c2nc3c(n2C2CC2)CNCC3)=C1. The van der Waals surface area contributed by atoms with Crippen LogP contribution in [-0.2, 0) is 13.0 Å². The van der Waals surface area contributed by atoms with E-state index in [-0.39, 0.29) is 0 Å². The van der Waals surface area contributed by atoms with E-state index < -0.39 is 0 Å². The first-order valence-electron chi connectivity index (χ1n) is 7.10. The monoisotopic (exact) mass is 241 g/mol. The Morgan fingerprint density at radius 3 is 3.00 bits per heavy atom. The van der Waals surface area contributed by atoms with E-state index in [0.717, 1.165) is 38.4 Å². The van der Waals surface area contributed by atoms with Gasteiger partial charge in [-0.05, 0) is 31.3 Å². The predicted octanol–water partition coefficient (Wildman–Crippen LogP) is 2.60. The molecule has 0 amide bonds. The van der Waals surface area contributed by atoms with Gasteiger partial charge in [0.25, 0.3) is 0 Å². The smallest absolute Gasteiger partial charge is 0.136 e. The molecule has 4 rings (SSSR count). The van der Waals surface area contributed by atoms with Crippen molar-refractivity contribution in [3.8, 4) is 0 Å². The molecule has 3 heteroatoms. The molecule has 0 unspecified atom stereocenters. The largest absolute Gasteiger partial charge is 0.324 e. The van der Waals surface area contributed by atoms with Crippen molar-refractivity contribution in [2.24, 2.45) is 0 Å². The molecule has 0 atom stereocenters. The Bertz CT molecular complexity index is 532. The molecule has 1 N–H and O–H groups in total. The summed E-state index contributed by atoms with van der Waals surface area (Å²) >= 11 is 0. The third-order valence-electron chi connectivity index (χ3n) is 4.14. The zero-order chi connectivity index (χ0) is 11.9. The maximum atomic E-state index is 4.96. The van der Waals surface area contributed by atoms with Gasteiger partial charge < -0.3 is 9.88 Å². The summed E-state index contributed by atoms with van der Waals surface area (Å²) in [7, 11) is 0. The van der Waals surface area contributed by atoms with Gasteiger partial charge in [0.15, 0.2) is 0 Å². The van der Waals surface area contributed by atoms with Crippen LogP contribution in [0.4, 0.5) is 0 Å². The fourth-order valence-corrected chi connectivity index (χ4v) is 3.06. The molecular weight excluding hydrogens is 222 g/mol. The van der Waals surface area contributed by atoms with Crippen molar-refractivity contribution in [3.63, 3.8) is 0 Å². The van der Waals surface area contributed by atoms with E-state index in [1.807, 2.05) is 0 Å². The highest BCUT2D eigenvalue weighted by Crippen LogP contribution is 2.40. The summed E-state index contributed by atoms with van der Waals surface area (Å²) in [6.45, 7) is 2.08. The molecule has 3 nitrogen and oxygen atoms in total. The lowest BCUT2D eigenvalue weighted by Crippen LogP contribution is -2.25. The fraction of sp³-hybridized carbons (Fsp3) is 0.533. The van der Waals surface area contributed by atoms with Crippen LogP contribution in [0.1, 0.15) is 48.9 Å². The first kappa shape index (κ1) is 10.6. The molecule has 0 spiro atoms. The van der Waals surface area contributed by atoms with Crippen LogP contribution >= 0.6 is 0 Å².